The van der Waals surface area contributed by atoms with Crippen molar-refractivity contribution in [2.24, 2.45) is 0 Å². The molecule has 24 heavy (non-hydrogen) atoms. The highest BCUT2D eigenvalue weighted by molar-refractivity contribution is 6.00. The van der Waals surface area contributed by atoms with Crippen molar-refractivity contribution in [2.45, 2.75) is 0 Å². The van der Waals surface area contributed by atoms with E-state index in [1.807, 2.05) is 6.07 Å². The van der Waals surface area contributed by atoms with Crippen LogP contribution in [-0.4, -0.2) is 26.2 Å². The smallest absolute Gasteiger partial charge is 0.341 e. The number of nitro groups is 1. The predicted molar refractivity (Wildman–Crippen MR) is 87.4 cm³/mol. The Morgan fingerprint density at radius 1 is 1.12 bits per heavy atom. The SMILES string of the molecule is O=C(O)c1c(Nc2ccc([N+](=O)[O-])cc2)n[nH]c1-c1ccccc1. The van der Waals surface area contributed by atoms with E-state index in [2.05, 4.69) is 15.5 Å². The van der Waals surface area contributed by atoms with Crippen LogP contribution in [0.2, 0.25) is 0 Å². The molecule has 0 fully saturated rings. The summed E-state index contributed by atoms with van der Waals surface area (Å²) in [4.78, 5) is 21.8. The number of carboxylic acid groups (broad SMARTS) is 1. The zero-order chi connectivity index (χ0) is 17.1. The monoisotopic (exact) mass is 324 g/mol. The minimum Gasteiger partial charge on any atom is -0.477 e. The number of aromatic nitrogens is 2. The average molecular weight is 324 g/mol. The molecule has 0 saturated carbocycles. The third-order valence-corrected chi connectivity index (χ3v) is 3.38. The predicted octanol–water partition coefficient (Wildman–Crippen LogP) is 3.43. The summed E-state index contributed by atoms with van der Waals surface area (Å²) < 4.78 is 0. The molecule has 0 bridgehead atoms. The molecule has 1 aromatic heterocycles. The van der Waals surface area contributed by atoms with Gasteiger partial charge in [-0.2, -0.15) is 5.10 Å². The highest BCUT2D eigenvalue weighted by Crippen LogP contribution is 2.29. The number of non-ortho nitro benzene ring substituents is 1. The van der Waals surface area contributed by atoms with Gasteiger partial charge in [0.15, 0.2) is 5.82 Å². The van der Waals surface area contributed by atoms with Gasteiger partial charge >= 0.3 is 5.97 Å². The molecule has 0 aliphatic rings. The summed E-state index contributed by atoms with van der Waals surface area (Å²) >= 11 is 0. The molecule has 8 heteroatoms. The lowest BCUT2D eigenvalue weighted by atomic mass is 10.1. The van der Waals surface area contributed by atoms with Crippen LogP contribution in [-0.2, 0) is 0 Å². The number of aromatic amines is 1. The second-order valence-electron chi connectivity index (χ2n) is 4.92. The molecule has 0 aliphatic carbocycles. The fraction of sp³-hybridized carbons (Fsp3) is 0. The number of carbonyl (C=O) groups is 1. The average Bonchev–Trinajstić information content (AvgIpc) is 3.00. The summed E-state index contributed by atoms with van der Waals surface area (Å²) in [5.74, 6) is -0.998. The lowest BCUT2D eigenvalue weighted by molar-refractivity contribution is -0.384. The van der Waals surface area contributed by atoms with Gasteiger partial charge in [-0.3, -0.25) is 15.2 Å². The number of carboxylic acids is 1. The first-order valence-corrected chi connectivity index (χ1v) is 6.95. The third kappa shape index (κ3) is 2.93. The van der Waals surface area contributed by atoms with Crippen LogP contribution in [0.3, 0.4) is 0 Å². The Kier molecular flexibility index (Phi) is 3.94. The molecule has 3 aromatic rings. The molecular weight excluding hydrogens is 312 g/mol. The molecule has 8 nitrogen and oxygen atoms in total. The van der Waals surface area contributed by atoms with Gasteiger partial charge in [-0.15, -0.1) is 0 Å². The van der Waals surface area contributed by atoms with Crippen LogP contribution in [0.15, 0.2) is 54.6 Å². The van der Waals surface area contributed by atoms with Crippen LogP contribution >= 0.6 is 0 Å². The molecule has 2 aromatic carbocycles. The Morgan fingerprint density at radius 2 is 1.79 bits per heavy atom. The minimum atomic E-state index is -1.13. The van der Waals surface area contributed by atoms with Crippen LogP contribution in [0, 0.1) is 10.1 Å². The van der Waals surface area contributed by atoms with Gasteiger partial charge in [0, 0.05) is 23.4 Å². The van der Waals surface area contributed by atoms with Gasteiger partial charge in [-0.1, -0.05) is 30.3 Å². The van der Waals surface area contributed by atoms with E-state index in [1.165, 1.54) is 24.3 Å². The van der Waals surface area contributed by atoms with Crippen molar-refractivity contribution in [3.63, 3.8) is 0 Å². The molecule has 0 atom stereocenters. The largest absolute Gasteiger partial charge is 0.477 e. The Hall–Kier alpha value is -3.68. The fourth-order valence-electron chi connectivity index (χ4n) is 2.26. The van der Waals surface area contributed by atoms with E-state index in [-0.39, 0.29) is 17.1 Å². The fourth-order valence-corrected chi connectivity index (χ4v) is 2.26. The van der Waals surface area contributed by atoms with Crippen LogP contribution in [0.1, 0.15) is 10.4 Å². The van der Waals surface area contributed by atoms with Crippen molar-refractivity contribution in [3.05, 3.63) is 70.3 Å². The normalized spacial score (nSPS) is 10.3. The van der Waals surface area contributed by atoms with E-state index in [1.54, 1.807) is 24.3 Å². The van der Waals surface area contributed by atoms with Crippen molar-refractivity contribution in [2.75, 3.05) is 5.32 Å². The number of hydrogen-bond donors (Lipinski definition) is 3. The van der Waals surface area contributed by atoms with Gasteiger partial charge in [-0.25, -0.2) is 4.79 Å². The topological polar surface area (TPSA) is 121 Å². The maximum atomic E-state index is 11.6. The highest BCUT2D eigenvalue weighted by Gasteiger charge is 2.21. The van der Waals surface area contributed by atoms with E-state index in [4.69, 9.17) is 0 Å². The van der Waals surface area contributed by atoms with Gasteiger partial charge in [0.2, 0.25) is 0 Å². The molecule has 0 aliphatic heterocycles. The van der Waals surface area contributed by atoms with Gasteiger partial charge in [0.1, 0.15) is 5.56 Å². The molecule has 3 N–H and O–H groups in total. The van der Waals surface area contributed by atoms with Gasteiger partial charge in [0.05, 0.1) is 10.6 Å². The molecule has 0 unspecified atom stereocenters. The van der Waals surface area contributed by atoms with Crippen LogP contribution in [0.25, 0.3) is 11.3 Å². The Balaban J connectivity index is 1.95. The first kappa shape index (κ1) is 15.2. The summed E-state index contributed by atoms with van der Waals surface area (Å²) in [6, 6.07) is 14.6. The number of nitrogens with one attached hydrogen (secondary N) is 2. The molecular formula is C16H12N4O4. The summed E-state index contributed by atoms with van der Waals surface area (Å²) in [7, 11) is 0. The second kappa shape index (κ2) is 6.21. The summed E-state index contributed by atoms with van der Waals surface area (Å²) in [6.07, 6.45) is 0. The molecule has 0 saturated heterocycles. The standard InChI is InChI=1S/C16H12N4O4/c21-16(22)13-14(10-4-2-1-3-5-10)18-19-15(13)17-11-6-8-12(9-7-11)20(23)24/h1-9H,(H,21,22)(H2,17,18,19). The van der Waals surface area contributed by atoms with Gasteiger partial charge < -0.3 is 10.4 Å². The number of hydrogen-bond acceptors (Lipinski definition) is 5. The van der Waals surface area contributed by atoms with Crippen LogP contribution in [0.5, 0.6) is 0 Å². The summed E-state index contributed by atoms with van der Waals surface area (Å²) in [5.41, 5.74) is 1.52. The summed E-state index contributed by atoms with van der Waals surface area (Å²) in [6.45, 7) is 0. The Bertz CT molecular complexity index is 888. The number of aromatic carboxylic acids is 1. The Morgan fingerprint density at radius 3 is 2.38 bits per heavy atom. The number of nitro benzene ring substituents is 1. The lowest BCUT2D eigenvalue weighted by Gasteiger charge is -2.05. The number of H-pyrrole nitrogens is 1. The number of nitrogens with zero attached hydrogens (tertiary/aromatic N) is 2. The first-order valence-electron chi connectivity index (χ1n) is 6.95. The van der Waals surface area contributed by atoms with E-state index in [9.17, 15) is 20.0 Å². The zero-order valence-electron chi connectivity index (χ0n) is 12.3. The second-order valence-corrected chi connectivity index (χ2v) is 4.92. The molecule has 0 spiro atoms. The molecule has 1 heterocycles. The van der Waals surface area contributed by atoms with E-state index < -0.39 is 10.9 Å². The molecule has 3 rings (SSSR count). The van der Waals surface area contributed by atoms with E-state index in [0.717, 1.165) is 0 Å². The quantitative estimate of drug-likeness (QED) is 0.488. The highest BCUT2D eigenvalue weighted by atomic mass is 16.6. The zero-order valence-corrected chi connectivity index (χ0v) is 12.3. The molecule has 120 valence electrons. The number of anilines is 2. The van der Waals surface area contributed by atoms with Crippen molar-refractivity contribution in [1.29, 1.82) is 0 Å². The Labute approximate surface area is 135 Å². The van der Waals surface area contributed by atoms with Crippen molar-refractivity contribution >= 4 is 23.2 Å². The first-order chi connectivity index (χ1) is 11.6. The van der Waals surface area contributed by atoms with Crippen molar-refractivity contribution in [3.8, 4) is 11.3 Å². The van der Waals surface area contributed by atoms with Crippen molar-refractivity contribution < 1.29 is 14.8 Å². The molecule has 0 amide bonds. The van der Waals surface area contributed by atoms with E-state index in [0.29, 0.717) is 16.9 Å². The van der Waals surface area contributed by atoms with Crippen LogP contribution < -0.4 is 5.32 Å². The summed E-state index contributed by atoms with van der Waals surface area (Å²) in [5, 5.41) is 29.8. The number of benzene rings is 2. The van der Waals surface area contributed by atoms with Gasteiger partial charge in [0.25, 0.3) is 5.69 Å². The van der Waals surface area contributed by atoms with E-state index >= 15 is 0 Å². The maximum absolute atomic E-state index is 11.6. The van der Waals surface area contributed by atoms with Crippen molar-refractivity contribution in [1.82, 2.24) is 10.2 Å². The number of rotatable bonds is 5. The van der Waals surface area contributed by atoms with Crippen LogP contribution in [0.4, 0.5) is 17.2 Å². The lowest BCUT2D eigenvalue weighted by Crippen LogP contribution is -2.02. The maximum Gasteiger partial charge on any atom is 0.341 e. The minimum absolute atomic E-state index is 0.000414. The third-order valence-electron chi connectivity index (χ3n) is 3.38. The molecule has 0 radical (unpaired) electrons. The van der Waals surface area contributed by atoms with Gasteiger partial charge in [-0.05, 0) is 12.1 Å².